The summed E-state index contributed by atoms with van der Waals surface area (Å²) in [6, 6.07) is 16.6. The number of hydrogen-bond acceptors (Lipinski definition) is 5. The number of rotatable bonds is 4. The van der Waals surface area contributed by atoms with Crippen LogP contribution in [0.5, 0.6) is 0 Å². The van der Waals surface area contributed by atoms with Crippen molar-refractivity contribution < 1.29 is 4.79 Å². The van der Waals surface area contributed by atoms with Crippen LogP contribution < -0.4 is 4.90 Å². The molecule has 1 aliphatic heterocycles. The van der Waals surface area contributed by atoms with Crippen LogP contribution in [0.2, 0.25) is 0 Å². The number of para-hydroxylation sites is 2. The summed E-state index contributed by atoms with van der Waals surface area (Å²) >= 11 is 3.21. The molecule has 0 atom stereocenters. The fraction of sp³-hybridized carbons (Fsp3) is 0.300. The van der Waals surface area contributed by atoms with Gasteiger partial charge in [-0.2, -0.15) is 0 Å². The third-order valence-corrected chi connectivity index (χ3v) is 6.85. The number of anilines is 1. The maximum atomic E-state index is 12.6. The number of aryl methyl sites for hydroxylation is 1. The van der Waals surface area contributed by atoms with Crippen LogP contribution in [-0.2, 0) is 4.79 Å². The summed E-state index contributed by atoms with van der Waals surface area (Å²) in [6.07, 6.45) is 0. The maximum absolute atomic E-state index is 12.6. The number of thiazole rings is 1. The number of carbonyl (C=O) groups is 1. The minimum Gasteiger partial charge on any atom is -0.368 e. The molecule has 0 unspecified atom stereocenters. The Hall–Kier alpha value is -2.05. The molecule has 0 spiro atoms. The number of nitrogens with zero attached hydrogens (tertiary/aromatic N) is 3. The minimum absolute atomic E-state index is 0.207. The zero-order valence-electron chi connectivity index (χ0n) is 14.7. The molecule has 0 bridgehead atoms. The summed E-state index contributed by atoms with van der Waals surface area (Å²) in [5.41, 5.74) is 3.58. The lowest BCUT2D eigenvalue weighted by Crippen LogP contribution is -2.49. The largest absolute Gasteiger partial charge is 0.368 e. The molecule has 0 radical (unpaired) electrons. The highest BCUT2D eigenvalue weighted by molar-refractivity contribution is 8.01. The van der Waals surface area contributed by atoms with E-state index in [1.165, 1.54) is 16.0 Å². The van der Waals surface area contributed by atoms with Gasteiger partial charge in [0, 0.05) is 31.9 Å². The van der Waals surface area contributed by atoms with E-state index in [1.807, 2.05) is 23.1 Å². The molecule has 4 nitrogen and oxygen atoms in total. The molecule has 26 heavy (non-hydrogen) atoms. The van der Waals surface area contributed by atoms with E-state index in [2.05, 4.69) is 47.1 Å². The van der Waals surface area contributed by atoms with Gasteiger partial charge in [-0.3, -0.25) is 4.79 Å². The first kappa shape index (κ1) is 17.4. The van der Waals surface area contributed by atoms with Gasteiger partial charge in [0.05, 0.1) is 16.0 Å². The Balaban J connectivity index is 1.31. The third-order valence-electron chi connectivity index (χ3n) is 4.68. The van der Waals surface area contributed by atoms with Crippen molar-refractivity contribution in [1.82, 2.24) is 9.88 Å². The molecule has 2 aromatic carbocycles. The second-order valence-corrected chi connectivity index (χ2v) is 8.64. The van der Waals surface area contributed by atoms with E-state index in [0.29, 0.717) is 5.75 Å². The molecular weight excluding hydrogens is 362 g/mol. The summed E-state index contributed by atoms with van der Waals surface area (Å²) in [4.78, 5) is 21.5. The average molecular weight is 384 g/mol. The topological polar surface area (TPSA) is 36.4 Å². The average Bonchev–Trinajstić information content (AvgIpc) is 3.10. The van der Waals surface area contributed by atoms with Crippen LogP contribution in [0.15, 0.2) is 52.9 Å². The lowest BCUT2D eigenvalue weighted by atomic mass is 10.1. The minimum atomic E-state index is 0.207. The van der Waals surface area contributed by atoms with Gasteiger partial charge in [-0.05, 0) is 30.7 Å². The molecular formula is C20H21N3OS2. The molecule has 0 saturated carbocycles. The van der Waals surface area contributed by atoms with Gasteiger partial charge < -0.3 is 9.80 Å². The number of fused-ring (bicyclic) bond motifs is 1. The van der Waals surface area contributed by atoms with E-state index in [-0.39, 0.29) is 5.91 Å². The highest BCUT2D eigenvalue weighted by Crippen LogP contribution is 2.29. The molecule has 1 fully saturated rings. The maximum Gasteiger partial charge on any atom is 0.233 e. The second kappa shape index (κ2) is 7.68. The first-order valence-electron chi connectivity index (χ1n) is 8.77. The molecule has 0 aliphatic carbocycles. The first-order chi connectivity index (χ1) is 12.7. The Labute approximate surface area is 161 Å². The molecule has 3 aromatic rings. The number of thioether (sulfide) groups is 1. The highest BCUT2D eigenvalue weighted by atomic mass is 32.2. The fourth-order valence-electron chi connectivity index (χ4n) is 3.24. The van der Waals surface area contributed by atoms with Crippen LogP contribution in [0.25, 0.3) is 10.2 Å². The van der Waals surface area contributed by atoms with Gasteiger partial charge in [-0.25, -0.2) is 4.98 Å². The number of benzene rings is 2. The van der Waals surface area contributed by atoms with Crippen LogP contribution in [0.1, 0.15) is 5.56 Å². The SMILES string of the molecule is Cc1ccccc1N1CCN(C(=O)CSc2nc3ccccc3s2)CC1. The van der Waals surface area contributed by atoms with Gasteiger partial charge in [-0.15, -0.1) is 11.3 Å². The van der Waals surface area contributed by atoms with Crippen molar-refractivity contribution >= 4 is 44.9 Å². The predicted molar refractivity (Wildman–Crippen MR) is 110 cm³/mol. The number of hydrogen-bond donors (Lipinski definition) is 0. The van der Waals surface area contributed by atoms with E-state index in [0.717, 1.165) is 36.0 Å². The standard InChI is InChI=1S/C20H21N3OS2/c1-15-6-2-4-8-17(15)22-10-12-23(13-11-22)19(24)14-25-20-21-16-7-3-5-9-18(16)26-20/h2-9H,10-14H2,1H3. The van der Waals surface area contributed by atoms with Crippen molar-refractivity contribution in [3.63, 3.8) is 0 Å². The number of amides is 1. The van der Waals surface area contributed by atoms with E-state index >= 15 is 0 Å². The Morgan fingerprint density at radius 2 is 1.81 bits per heavy atom. The molecule has 1 saturated heterocycles. The number of piperazine rings is 1. The third kappa shape index (κ3) is 3.71. The zero-order valence-corrected chi connectivity index (χ0v) is 16.4. The van der Waals surface area contributed by atoms with Crippen LogP contribution in [0.3, 0.4) is 0 Å². The molecule has 1 amide bonds. The van der Waals surface area contributed by atoms with E-state index in [1.54, 1.807) is 23.1 Å². The van der Waals surface area contributed by atoms with Crippen molar-refractivity contribution in [2.24, 2.45) is 0 Å². The van der Waals surface area contributed by atoms with E-state index < -0.39 is 0 Å². The van der Waals surface area contributed by atoms with Crippen LogP contribution in [-0.4, -0.2) is 47.7 Å². The van der Waals surface area contributed by atoms with Crippen molar-refractivity contribution in [2.75, 3.05) is 36.8 Å². The van der Waals surface area contributed by atoms with Crippen LogP contribution in [0, 0.1) is 6.92 Å². The monoisotopic (exact) mass is 383 g/mol. The lowest BCUT2D eigenvalue weighted by molar-refractivity contribution is -0.128. The molecule has 2 heterocycles. The van der Waals surface area contributed by atoms with Gasteiger partial charge in [0.15, 0.2) is 4.34 Å². The summed E-state index contributed by atoms with van der Waals surface area (Å²) in [7, 11) is 0. The normalized spacial score (nSPS) is 14.8. The van der Waals surface area contributed by atoms with E-state index in [9.17, 15) is 4.79 Å². The van der Waals surface area contributed by atoms with Crippen molar-refractivity contribution in [3.05, 3.63) is 54.1 Å². The van der Waals surface area contributed by atoms with Gasteiger partial charge in [0.25, 0.3) is 0 Å². The molecule has 0 N–H and O–H groups in total. The summed E-state index contributed by atoms with van der Waals surface area (Å²) in [5, 5.41) is 0. The van der Waals surface area contributed by atoms with E-state index in [4.69, 9.17) is 0 Å². The fourth-order valence-corrected chi connectivity index (χ4v) is 5.21. The Bertz CT molecular complexity index is 883. The number of aromatic nitrogens is 1. The molecule has 134 valence electrons. The van der Waals surface area contributed by atoms with Crippen LogP contribution in [0.4, 0.5) is 5.69 Å². The quantitative estimate of drug-likeness (QED) is 0.637. The summed E-state index contributed by atoms with van der Waals surface area (Å²) in [5.74, 6) is 0.670. The Morgan fingerprint density at radius 1 is 1.08 bits per heavy atom. The molecule has 4 rings (SSSR count). The van der Waals surface area contributed by atoms with Gasteiger partial charge >= 0.3 is 0 Å². The lowest BCUT2D eigenvalue weighted by Gasteiger charge is -2.36. The predicted octanol–water partition coefficient (Wildman–Crippen LogP) is 4.05. The molecule has 6 heteroatoms. The van der Waals surface area contributed by atoms with Gasteiger partial charge in [0.1, 0.15) is 0 Å². The number of carbonyl (C=O) groups excluding carboxylic acids is 1. The van der Waals surface area contributed by atoms with Crippen molar-refractivity contribution in [2.45, 2.75) is 11.3 Å². The van der Waals surface area contributed by atoms with Gasteiger partial charge in [0.2, 0.25) is 5.91 Å². The van der Waals surface area contributed by atoms with Crippen molar-refractivity contribution in [1.29, 1.82) is 0 Å². The van der Waals surface area contributed by atoms with Crippen molar-refractivity contribution in [3.8, 4) is 0 Å². The zero-order chi connectivity index (χ0) is 17.9. The second-order valence-electron chi connectivity index (χ2n) is 6.39. The summed E-state index contributed by atoms with van der Waals surface area (Å²) < 4.78 is 2.15. The molecule has 1 aromatic heterocycles. The summed E-state index contributed by atoms with van der Waals surface area (Å²) in [6.45, 7) is 5.49. The smallest absolute Gasteiger partial charge is 0.233 e. The Kier molecular flexibility index (Phi) is 5.13. The van der Waals surface area contributed by atoms with Crippen LogP contribution >= 0.6 is 23.1 Å². The molecule has 1 aliphatic rings. The Morgan fingerprint density at radius 3 is 2.58 bits per heavy atom. The first-order valence-corrected chi connectivity index (χ1v) is 10.6. The highest BCUT2D eigenvalue weighted by Gasteiger charge is 2.22. The van der Waals surface area contributed by atoms with Gasteiger partial charge in [-0.1, -0.05) is 42.1 Å².